The van der Waals surface area contributed by atoms with Crippen molar-refractivity contribution in [1.82, 2.24) is 5.32 Å². The number of para-hydroxylation sites is 1. The molecule has 0 saturated carbocycles. The van der Waals surface area contributed by atoms with Crippen LogP contribution in [0, 0.1) is 5.41 Å². The first-order valence-corrected chi connectivity index (χ1v) is 8.06. The maximum atomic E-state index is 12.6. The number of carbonyl (C=O) groups excluding carboxylic acids is 1. The van der Waals surface area contributed by atoms with Crippen LogP contribution < -0.4 is 10.1 Å². The first-order chi connectivity index (χ1) is 11.8. The van der Waals surface area contributed by atoms with Crippen molar-refractivity contribution < 1.29 is 19.4 Å². The molecule has 132 valence electrons. The third-order valence-electron chi connectivity index (χ3n) is 4.09. The second kappa shape index (κ2) is 7.83. The Morgan fingerprint density at radius 2 is 1.72 bits per heavy atom. The topological polar surface area (TPSA) is 75.6 Å². The van der Waals surface area contributed by atoms with Crippen molar-refractivity contribution in [3.05, 3.63) is 65.2 Å². The Morgan fingerprint density at radius 3 is 2.32 bits per heavy atom. The van der Waals surface area contributed by atoms with Crippen molar-refractivity contribution >= 4 is 11.9 Å². The molecule has 0 aliphatic carbocycles. The summed E-state index contributed by atoms with van der Waals surface area (Å²) >= 11 is 0. The van der Waals surface area contributed by atoms with E-state index in [-0.39, 0.29) is 11.5 Å². The number of carboxylic acids is 1. The lowest BCUT2D eigenvalue weighted by Gasteiger charge is -2.24. The zero-order chi connectivity index (χ0) is 18.4. The number of ether oxygens (including phenoxy) is 1. The molecule has 0 aromatic heterocycles. The van der Waals surface area contributed by atoms with E-state index in [1.807, 2.05) is 38.1 Å². The second-order valence-corrected chi connectivity index (χ2v) is 6.56. The molecule has 2 aromatic rings. The predicted molar refractivity (Wildman–Crippen MR) is 95.7 cm³/mol. The van der Waals surface area contributed by atoms with E-state index in [2.05, 4.69) is 5.32 Å². The Kier molecular flexibility index (Phi) is 5.80. The number of carboxylic acid groups (broad SMARTS) is 1. The summed E-state index contributed by atoms with van der Waals surface area (Å²) in [6, 6.07) is 14.1. The van der Waals surface area contributed by atoms with Crippen LogP contribution in [0.15, 0.2) is 48.5 Å². The molecule has 25 heavy (non-hydrogen) atoms. The summed E-state index contributed by atoms with van der Waals surface area (Å²) in [5.41, 5.74) is 1.46. The van der Waals surface area contributed by atoms with Crippen LogP contribution in [0.1, 0.15) is 35.3 Å². The largest absolute Gasteiger partial charge is 0.496 e. The van der Waals surface area contributed by atoms with Crippen LogP contribution in [-0.2, 0) is 17.8 Å². The summed E-state index contributed by atoms with van der Waals surface area (Å²) in [5, 5.41) is 11.8. The number of rotatable bonds is 7. The predicted octanol–water partition coefficient (Wildman–Crippen LogP) is 3.28. The van der Waals surface area contributed by atoms with E-state index in [1.54, 1.807) is 19.2 Å². The molecule has 0 atom stereocenters. The van der Waals surface area contributed by atoms with Crippen LogP contribution in [0.2, 0.25) is 0 Å². The molecular weight excluding hydrogens is 318 g/mol. The lowest BCUT2D eigenvalue weighted by Crippen LogP contribution is -2.38. The highest BCUT2D eigenvalue weighted by molar-refractivity contribution is 5.87. The first kappa shape index (κ1) is 18.5. The molecule has 0 fully saturated rings. The van der Waals surface area contributed by atoms with Gasteiger partial charge in [-0.05, 0) is 35.7 Å². The molecule has 0 heterocycles. The van der Waals surface area contributed by atoms with Gasteiger partial charge in [-0.1, -0.05) is 44.2 Å². The summed E-state index contributed by atoms with van der Waals surface area (Å²) in [6.45, 7) is 4.14. The van der Waals surface area contributed by atoms with Gasteiger partial charge in [0.2, 0.25) is 5.91 Å². The number of hydrogen-bond donors (Lipinski definition) is 2. The van der Waals surface area contributed by atoms with E-state index in [1.165, 1.54) is 12.1 Å². The van der Waals surface area contributed by atoms with E-state index in [0.29, 0.717) is 13.0 Å². The molecule has 2 rings (SSSR count). The number of aromatic carboxylic acids is 1. The third-order valence-corrected chi connectivity index (χ3v) is 4.09. The standard InChI is InChI=1S/C20H23NO4/c1-20(2,12-16-6-4-5-7-17(16)25-3)19(24)21-13-14-8-10-15(11-9-14)18(22)23/h4-11H,12-13H2,1-3H3,(H,21,24)(H,22,23). The van der Waals surface area contributed by atoms with Crippen molar-refractivity contribution in [2.45, 2.75) is 26.8 Å². The van der Waals surface area contributed by atoms with Crippen molar-refractivity contribution in [3.63, 3.8) is 0 Å². The highest BCUT2D eigenvalue weighted by Gasteiger charge is 2.28. The second-order valence-electron chi connectivity index (χ2n) is 6.56. The third kappa shape index (κ3) is 4.83. The smallest absolute Gasteiger partial charge is 0.335 e. The van der Waals surface area contributed by atoms with Gasteiger partial charge in [-0.25, -0.2) is 4.79 Å². The van der Waals surface area contributed by atoms with Crippen LogP contribution in [0.25, 0.3) is 0 Å². The SMILES string of the molecule is COc1ccccc1CC(C)(C)C(=O)NCc1ccc(C(=O)O)cc1. The summed E-state index contributed by atoms with van der Waals surface area (Å²) < 4.78 is 5.35. The Bertz CT molecular complexity index is 751. The average Bonchev–Trinajstić information content (AvgIpc) is 2.60. The van der Waals surface area contributed by atoms with Gasteiger partial charge in [0.1, 0.15) is 5.75 Å². The Hall–Kier alpha value is -2.82. The highest BCUT2D eigenvalue weighted by atomic mass is 16.5. The van der Waals surface area contributed by atoms with E-state index in [9.17, 15) is 9.59 Å². The number of nitrogens with one attached hydrogen (secondary N) is 1. The van der Waals surface area contributed by atoms with Gasteiger partial charge in [-0.3, -0.25) is 4.79 Å². The van der Waals surface area contributed by atoms with Gasteiger partial charge in [0, 0.05) is 12.0 Å². The van der Waals surface area contributed by atoms with Crippen molar-refractivity contribution in [3.8, 4) is 5.75 Å². The average molecular weight is 341 g/mol. The van der Waals surface area contributed by atoms with Gasteiger partial charge in [-0.15, -0.1) is 0 Å². The molecular formula is C20H23NO4. The fraction of sp³-hybridized carbons (Fsp3) is 0.300. The van der Waals surface area contributed by atoms with Crippen LogP contribution in [0.4, 0.5) is 0 Å². The lowest BCUT2D eigenvalue weighted by molar-refractivity contribution is -0.129. The molecule has 0 radical (unpaired) electrons. The molecule has 0 aliphatic heterocycles. The molecule has 2 aromatic carbocycles. The van der Waals surface area contributed by atoms with E-state index in [0.717, 1.165) is 16.9 Å². The minimum atomic E-state index is -0.964. The summed E-state index contributed by atoms with van der Waals surface area (Å²) in [6.07, 6.45) is 0.556. The van der Waals surface area contributed by atoms with E-state index < -0.39 is 11.4 Å². The normalized spacial score (nSPS) is 11.0. The Labute approximate surface area is 147 Å². The lowest BCUT2D eigenvalue weighted by atomic mass is 9.84. The molecule has 0 spiro atoms. The maximum Gasteiger partial charge on any atom is 0.335 e. The van der Waals surface area contributed by atoms with Gasteiger partial charge in [0.25, 0.3) is 0 Å². The molecule has 2 N–H and O–H groups in total. The molecule has 0 bridgehead atoms. The number of methoxy groups -OCH3 is 1. The minimum Gasteiger partial charge on any atom is -0.496 e. The zero-order valence-electron chi connectivity index (χ0n) is 14.7. The number of amides is 1. The summed E-state index contributed by atoms with van der Waals surface area (Å²) in [5.74, 6) is -0.262. The van der Waals surface area contributed by atoms with Gasteiger partial charge in [0.05, 0.1) is 12.7 Å². The molecule has 0 unspecified atom stereocenters. The van der Waals surface area contributed by atoms with Gasteiger partial charge >= 0.3 is 5.97 Å². The van der Waals surface area contributed by atoms with Crippen LogP contribution in [-0.4, -0.2) is 24.1 Å². The molecule has 0 saturated heterocycles. The zero-order valence-corrected chi connectivity index (χ0v) is 14.7. The van der Waals surface area contributed by atoms with Gasteiger partial charge < -0.3 is 15.2 Å². The summed E-state index contributed by atoms with van der Waals surface area (Å²) in [4.78, 5) is 23.4. The van der Waals surface area contributed by atoms with Crippen LogP contribution in [0.3, 0.4) is 0 Å². The summed E-state index contributed by atoms with van der Waals surface area (Å²) in [7, 11) is 1.62. The number of hydrogen-bond acceptors (Lipinski definition) is 3. The van der Waals surface area contributed by atoms with Gasteiger partial charge in [-0.2, -0.15) is 0 Å². The highest BCUT2D eigenvalue weighted by Crippen LogP contribution is 2.28. The van der Waals surface area contributed by atoms with E-state index >= 15 is 0 Å². The number of carbonyl (C=O) groups is 2. The van der Waals surface area contributed by atoms with Crippen molar-refractivity contribution in [2.75, 3.05) is 7.11 Å². The Balaban J connectivity index is 1.99. The molecule has 0 aliphatic rings. The van der Waals surface area contributed by atoms with E-state index in [4.69, 9.17) is 9.84 Å². The fourth-order valence-corrected chi connectivity index (χ4v) is 2.59. The molecule has 1 amide bonds. The number of benzene rings is 2. The minimum absolute atomic E-state index is 0.0688. The quantitative estimate of drug-likeness (QED) is 0.810. The molecule has 5 nitrogen and oxygen atoms in total. The van der Waals surface area contributed by atoms with Crippen LogP contribution in [0.5, 0.6) is 5.75 Å². The monoisotopic (exact) mass is 341 g/mol. The fourth-order valence-electron chi connectivity index (χ4n) is 2.59. The van der Waals surface area contributed by atoms with Crippen molar-refractivity contribution in [2.24, 2.45) is 5.41 Å². The first-order valence-electron chi connectivity index (χ1n) is 8.06. The van der Waals surface area contributed by atoms with Crippen LogP contribution >= 0.6 is 0 Å². The Morgan fingerprint density at radius 1 is 1.08 bits per heavy atom. The van der Waals surface area contributed by atoms with Gasteiger partial charge in [0.15, 0.2) is 0 Å². The molecule has 5 heteroatoms. The van der Waals surface area contributed by atoms with Crippen molar-refractivity contribution in [1.29, 1.82) is 0 Å². The maximum absolute atomic E-state index is 12.6.